The molecule has 0 spiro atoms. The minimum Gasteiger partial charge on any atom is -0.311 e. The van der Waals surface area contributed by atoms with Gasteiger partial charge in [0, 0.05) is 12.1 Å². The lowest BCUT2D eigenvalue weighted by molar-refractivity contribution is 0.0986. The SMILES string of the molecule is CC1(C)CC2(C)CNC(C)(C1)C2.Cl. The molecule has 2 rings (SSSR count). The molecule has 1 aliphatic heterocycles. The molecule has 0 radical (unpaired) electrons. The molecule has 0 aromatic rings. The van der Waals surface area contributed by atoms with Gasteiger partial charge in [0.2, 0.25) is 0 Å². The van der Waals surface area contributed by atoms with Gasteiger partial charge in [0.25, 0.3) is 0 Å². The van der Waals surface area contributed by atoms with E-state index in [1.807, 2.05) is 0 Å². The van der Waals surface area contributed by atoms with Crippen molar-refractivity contribution in [3.05, 3.63) is 0 Å². The van der Waals surface area contributed by atoms with Crippen LogP contribution in [0.3, 0.4) is 0 Å². The summed E-state index contributed by atoms with van der Waals surface area (Å²) >= 11 is 0. The Hall–Kier alpha value is 0.250. The number of fused-ring (bicyclic) bond motifs is 2. The molecular weight excluding hydrogens is 182 g/mol. The van der Waals surface area contributed by atoms with E-state index in [2.05, 4.69) is 33.0 Å². The Kier molecular flexibility index (Phi) is 2.50. The second kappa shape index (κ2) is 2.87. The second-order valence-electron chi connectivity index (χ2n) is 6.42. The van der Waals surface area contributed by atoms with Crippen molar-refractivity contribution < 1.29 is 0 Å². The molecule has 2 fully saturated rings. The van der Waals surface area contributed by atoms with Gasteiger partial charge < -0.3 is 5.32 Å². The van der Waals surface area contributed by atoms with Crippen LogP contribution in [0.4, 0.5) is 0 Å². The van der Waals surface area contributed by atoms with Gasteiger partial charge in [-0.1, -0.05) is 20.8 Å². The summed E-state index contributed by atoms with van der Waals surface area (Å²) in [6, 6.07) is 0. The van der Waals surface area contributed by atoms with Gasteiger partial charge in [-0.05, 0) is 37.0 Å². The molecule has 78 valence electrons. The van der Waals surface area contributed by atoms with Crippen LogP contribution in [0.5, 0.6) is 0 Å². The Morgan fingerprint density at radius 3 is 2.08 bits per heavy atom. The molecule has 2 bridgehead atoms. The molecule has 13 heavy (non-hydrogen) atoms. The van der Waals surface area contributed by atoms with Crippen molar-refractivity contribution in [1.82, 2.24) is 5.32 Å². The molecule has 1 saturated carbocycles. The maximum atomic E-state index is 3.69. The predicted molar refractivity (Wildman–Crippen MR) is 59.4 cm³/mol. The van der Waals surface area contributed by atoms with E-state index in [-0.39, 0.29) is 12.4 Å². The number of halogens is 1. The van der Waals surface area contributed by atoms with Crippen LogP contribution in [-0.4, -0.2) is 12.1 Å². The smallest absolute Gasteiger partial charge is 0.0164 e. The van der Waals surface area contributed by atoms with Crippen molar-refractivity contribution in [1.29, 1.82) is 0 Å². The molecule has 0 aromatic heterocycles. The Bertz CT molecular complexity index is 194. The Labute approximate surface area is 88.1 Å². The third-order valence-corrected chi connectivity index (χ3v) is 3.53. The van der Waals surface area contributed by atoms with Crippen LogP contribution in [0.2, 0.25) is 0 Å². The van der Waals surface area contributed by atoms with Crippen molar-refractivity contribution in [2.24, 2.45) is 10.8 Å². The summed E-state index contributed by atoms with van der Waals surface area (Å²) < 4.78 is 0. The number of rotatable bonds is 0. The second-order valence-corrected chi connectivity index (χ2v) is 6.42. The molecule has 2 atom stereocenters. The molecule has 1 heterocycles. The maximum absolute atomic E-state index is 3.69. The summed E-state index contributed by atoms with van der Waals surface area (Å²) in [5, 5.41) is 3.69. The van der Waals surface area contributed by atoms with Crippen molar-refractivity contribution in [2.45, 2.75) is 52.5 Å². The number of nitrogens with one attached hydrogen (secondary N) is 1. The Morgan fingerprint density at radius 1 is 0.923 bits per heavy atom. The molecule has 1 aliphatic carbocycles. The lowest BCUT2D eigenvalue weighted by Gasteiger charge is -2.44. The first-order chi connectivity index (χ1) is 5.33. The summed E-state index contributed by atoms with van der Waals surface area (Å²) in [6.07, 6.45) is 4.11. The van der Waals surface area contributed by atoms with Gasteiger partial charge in [-0.3, -0.25) is 0 Å². The summed E-state index contributed by atoms with van der Waals surface area (Å²) in [5.74, 6) is 0. The van der Waals surface area contributed by atoms with E-state index >= 15 is 0 Å². The molecular formula is C11H22ClN. The number of hydrogen-bond donors (Lipinski definition) is 1. The minimum atomic E-state index is 0. The highest BCUT2D eigenvalue weighted by molar-refractivity contribution is 5.85. The van der Waals surface area contributed by atoms with Crippen LogP contribution in [0.1, 0.15) is 47.0 Å². The standard InChI is InChI=1S/C11H21N.ClH/c1-9(2)5-10(3)7-11(4,6-9)12-8-10;/h12H,5-8H2,1-4H3;1H. The average molecular weight is 204 g/mol. The van der Waals surface area contributed by atoms with Gasteiger partial charge in [-0.15, -0.1) is 12.4 Å². The zero-order chi connectivity index (χ0) is 9.04. The van der Waals surface area contributed by atoms with Gasteiger partial charge in [-0.2, -0.15) is 0 Å². The molecule has 2 aliphatic rings. The Balaban J connectivity index is 0.000000845. The van der Waals surface area contributed by atoms with E-state index in [0.29, 0.717) is 16.4 Å². The summed E-state index contributed by atoms with van der Waals surface area (Å²) in [5.41, 5.74) is 1.57. The fraction of sp³-hybridized carbons (Fsp3) is 1.00. The van der Waals surface area contributed by atoms with Crippen LogP contribution < -0.4 is 5.32 Å². The zero-order valence-corrected chi connectivity index (χ0v) is 10.1. The lowest BCUT2D eigenvalue weighted by atomic mass is 9.61. The van der Waals surface area contributed by atoms with E-state index in [4.69, 9.17) is 0 Å². The van der Waals surface area contributed by atoms with Crippen molar-refractivity contribution in [2.75, 3.05) is 6.54 Å². The largest absolute Gasteiger partial charge is 0.311 e. The highest BCUT2D eigenvalue weighted by Gasteiger charge is 2.51. The minimum absolute atomic E-state index is 0. The molecule has 1 saturated heterocycles. The predicted octanol–water partition coefficient (Wildman–Crippen LogP) is 2.99. The summed E-state index contributed by atoms with van der Waals surface area (Å²) in [6.45, 7) is 10.9. The fourth-order valence-corrected chi connectivity index (χ4v) is 4.02. The zero-order valence-electron chi connectivity index (χ0n) is 9.24. The fourth-order valence-electron chi connectivity index (χ4n) is 4.02. The molecule has 2 unspecified atom stereocenters. The van der Waals surface area contributed by atoms with Gasteiger partial charge in [0.05, 0.1) is 0 Å². The van der Waals surface area contributed by atoms with Gasteiger partial charge in [0.1, 0.15) is 0 Å². The van der Waals surface area contributed by atoms with E-state index in [1.165, 1.54) is 25.8 Å². The molecule has 0 amide bonds. The highest BCUT2D eigenvalue weighted by Crippen LogP contribution is 2.53. The van der Waals surface area contributed by atoms with Gasteiger partial charge in [0.15, 0.2) is 0 Å². The third kappa shape index (κ3) is 2.02. The average Bonchev–Trinajstić information content (AvgIpc) is 1.98. The lowest BCUT2D eigenvalue weighted by Crippen LogP contribution is -2.42. The Morgan fingerprint density at radius 2 is 1.54 bits per heavy atom. The summed E-state index contributed by atoms with van der Waals surface area (Å²) in [4.78, 5) is 0. The molecule has 0 aromatic carbocycles. The first-order valence-corrected chi connectivity index (χ1v) is 5.08. The first-order valence-electron chi connectivity index (χ1n) is 5.08. The van der Waals surface area contributed by atoms with E-state index in [1.54, 1.807) is 0 Å². The maximum Gasteiger partial charge on any atom is 0.0164 e. The highest BCUT2D eigenvalue weighted by atomic mass is 35.5. The van der Waals surface area contributed by atoms with Gasteiger partial charge >= 0.3 is 0 Å². The number of hydrogen-bond acceptors (Lipinski definition) is 1. The van der Waals surface area contributed by atoms with Crippen LogP contribution in [-0.2, 0) is 0 Å². The summed E-state index contributed by atoms with van der Waals surface area (Å²) in [7, 11) is 0. The van der Waals surface area contributed by atoms with Crippen molar-refractivity contribution >= 4 is 12.4 Å². The van der Waals surface area contributed by atoms with Crippen molar-refractivity contribution in [3.63, 3.8) is 0 Å². The molecule has 2 heteroatoms. The van der Waals surface area contributed by atoms with Crippen molar-refractivity contribution in [3.8, 4) is 0 Å². The normalized spacial score (nSPS) is 47.1. The quantitative estimate of drug-likeness (QED) is 0.639. The third-order valence-electron chi connectivity index (χ3n) is 3.53. The van der Waals surface area contributed by atoms with Crippen LogP contribution >= 0.6 is 12.4 Å². The van der Waals surface area contributed by atoms with Gasteiger partial charge in [-0.25, -0.2) is 0 Å². The van der Waals surface area contributed by atoms with Crippen LogP contribution in [0, 0.1) is 10.8 Å². The molecule has 1 N–H and O–H groups in total. The van der Waals surface area contributed by atoms with E-state index in [9.17, 15) is 0 Å². The van der Waals surface area contributed by atoms with E-state index in [0.717, 1.165) is 0 Å². The van der Waals surface area contributed by atoms with Crippen LogP contribution in [0.25, 0.3) is 0 Å². The topological polar surface area (TPSA) is 12.0 Å². The van der Waals surface area contributed by atoms with E-state index < -0.39 is 0 Å². The molecule has 1 nitrogen and oxygen atoms in total. The first kappa shape index (κ1) is 11.3. The van der Waals surface area contributed by atoms with Crippen LogP contribution in [0.15, 0.2) is 0 Å². The monoisotopic (exact) mass is 203 g/mol.